The minimum Gasteiger partial charge on any atom is -0.504 e. The molecule has 1 aromatic carbocycles. The minimum absolute atomic E-state index is 0.0643. The summed E-state index contributed by atoms with van der Waals surface area (Å²) in [6, 6.07) is 4.77. The van der Waals surface area contributed by atoms with Gasteiger partial charge in [0.05, 0.1) is 12.7 Å². The molecular weight excluding hydrogens is 256 g/mol. The van der Waals surface area contributed by atoms with E-state index in [4.69, 9.17) is 10.5 Å². The summed E-state index contributed by atoms with van der Waals surface area (Å²) in [5.41, 5.74) is 5.69. The van der Waals surface area contributed by atoms with Crippen molar-refractivity contribution in [1.82, 2.24) is 5.32 Å². The molecule has 5 heteroatoms. The van der Waals surface area contributed by atoms with Crippen LogP contribution in [0.3, 0.4) is 0 Å². The van der Waals surface area contributed by atoms with Gasteiger partial charge in [-0.3, -0.25) is 4.79 Å². The molecule has 0 saturated carbocycles. The molecule has 0 saturated heterocycles. The average Bonchev–Trinajstić information content (AvgIpc) is 2.37. The van der Waals surface area contributed by atoms with Crippen LogP contribution in [0.5, 0.6) is 11.5 Å². The van der Waals surface area contributed by atoms with Crippen molar-refractivity contribution in [3.63, 3.8) is 0 Å². The summed E-state index contributed by atoms with van der Waals surface area (Å²) < 4.78 is 5.01. The van der Waals surface area contributed by atoms with Crippen molar-refractivity contribution >= 4 is 5.91 Å². The van der Waals surface area contributed by atoms with Crippen LogP contribution in [0.1, 0.15) is 37.6 Å². The Balaban J connectivity index is 2.95. The molecule has 0 aromatic heterocycles. The molecule has 0 bridgehead atoms. The first kappa shape index (κ1) is 16.3. The van der Waals surface area contributed by atoms with Crippen LogP contribution in [-0.2, 0) is 0 Å². The highest BCUT2D eigenvalue weighted by atomic mass is 16.5. The van der Waals surface area contributed by atoms with E-state index in [-0.39, 0.29) is 34.4 Å². The van der Waals surface area contributed by atoms with Gasteiger partial charge in [0, 0.05) is 6.04 Å². The third-order valence-corrected chi connectivity index (χ3v) is 3.27. The van der Waals surface area contributed by atoms with Crippen molar-refractivity contribution in [2.75, 3.05) is 13.7 Å². The Morgan fingerprint density at radius 3 is 2.60 bits per heavy atom. The fourth-order valence-corrected chi connectivity index (χ4v) is 1.99. The largest absolute Gasteiger partial charge is 0.504 e. The van der Waals surface area contributed by atoms with Crippen LogP contribution in [-0.4, -0.2) is 30.7 Å². The molecule has 1 amide bonds. The first-order valence-corrected chi connectivity index (χ1v) is 6.68. The lowest BCUT2D eigenvalue weighted by Gasteiger charge is -2.31. The number of phenols is 1. The molecule has 1 rings (SSSR count). The average molecular weight is 280 g/mol. The number of benzene rings is 1. The number of methoxy groups -OCH3 is 1. The summed E-state index contributed by atoms with van der Waals surface area (Å²) in [5, 5.41) is 12.9. The van der Waals surface area contributed by atoms with Gasteiger partial charge in [0.25, 0.3) is 5.91 Å². The number of aromatic hydroxyl groups is 1. The Morgan fingerprint density at radius 2 is 2.10 bits per heavy atom. The number of ether oxygens (including phenoxy) is 1. The number of hydrogen-bond acceptors (Lipinski definition) is 4. The molecule has 1 atom stereocenters. The van der Waals surface area contributed by atoms with Crippen molar-refractivity contribution in [1.29, 1.82) is 0 Å². The van der Waals surface area contributed by atoms with Gasteiger partial charge in [0.1, 0.15) is 0 Å². The van der Waals surface area contributed by atoms with Crippen molar-refractivity contribution in [2.24, 2.45) is 11.1 Å². The summed E-state index contributed by atoms with van der Waals surface area (Å²) in [5.74, 6) is -0.188. The Hall–Kier alpha value is -1.75. The van der Waals surface area contributed by atoms with Gasteiger partial charge < -0.3 is 20.9 Å². The number of nitrogens with two attached hydrogens (primary N) is 1. The van der Waals surface area contributed by atoms with Gasteiger partial charge in [0.2, 0.25) is 0 Å². The second kappa shape index (κ2) is 6.61. The maximum Gasteiger partial charge on any atom is 0.255 e. The Kier molecular flexibility index (Phi) is 5.39. The van der Waals surface area contributed by atoms with E-state index in [9.17, 15) is 9.90 Å². The number of phenolic OH excluding ortho intramolecular Hbond substituents is 1. The molecule has 0 heterocycles. The van der Waals surface area contributed by atoms with Gasteiger partial charge in [-0.15, -0.1) is 0 Å². The van der Waals surface area contributed by atoms with E-state index >= 15 is 0 Å². The number of amides is 1. The summed E-state index contributed by atoms with van der Waals surface area (Å²) in [6.07, 6.45) is 0.681. The second-order valence-corrected chi connectivity index (χ2v) is 5.83. The monoisotopic (exact) mass is 280 g/mol. The maximum atomic E-state index is 12.3. The number of rotatable bonds is 5. The SMILES string of the molecule is COc1cccc(C(=O)NC(CCN)C(C)(C)C)c1O. The van der Waals surface area contributed by atoms with E-state index in [1.807, 2.05) is 20.8 Å². The van der Waals surface area contributed by atoms with Gasteiger partial charge in [0.15, 0.2) is 11.5 Å². The van der Waals surface area contributed by atoms with Crippen molar-refractivity contribution in [3.05, 3.63) is 23.8 Å². The fourth-order valence-electron chi connectivity index (χ4n) is 1.99. The first-order chi connectivity index (χ1) is 9.31. The number of para-hydroxylation sites is 1. The molecular formula is C15H24N2O3. The zero-order chi connectivity index (χ0) is 15.3. The third-order valence-electron chi connectivity index (χ3n) is 3.27. The van der Waals surface area contributed by atoms with Gasteiger partial charge in [-0.1, -0.05) is 26.8 Å². The lowest BCUT2D eigenvalue weighted by molar-refractivity contribution is 0.0895. The van der Waals surface area contributed by atoms with Crippen molar-refractivity contribution in [3.8, 4) is 11.5 Å². The number of nitrogens with one attached hydrogen (secondary N) is 1. The van der Waals surface area contributed by atoms with Gasteiger partial charge in [-0.2, -0.15) is 0 Å². The van der Waals surface area contributed by atoms with Gasteiger partial charge in [-0.25, -0.2) is 0 Å². The molecule has 20 heavy (non-hydrogen) atoms. The van der Waals surface area contributed by atoms with E-state index in [1.165, 1.54) is 7.11 Å². The molecule has 112 valence electrons. The summed E-state index contributed by atoms with van der Waals surface area (Å²) in [6.45, 7) is 6.61. The third kappa shape index (κ3) is 3.87. The molecule has 5 nitrogen and oxygen atoms in total. The summed E-state index contributed by atoms with van der Waals surface area (Å²) in [7, 11) is 1.45. The van der Waals surface area contributed by atoms with Crippen LogP contribution in [0.15, 0.2) is 18.2 Å². The predicted molar refractivity (Wildman–Crippen MR) is 79.0 cm³/mol. The number of carbonyl (C=O) groups excluding carboxylic acids is 1. The molecule has 0 aliphatic carbocycles. The molecule has 0 aliphatic rings. The number of hydrogen-bond donors (Lipinski definition) is 3. The molecule has 0 spiro atoms. The highest BCUT2D eigenvalue weighted by molar-refractivity contribution is 5.97. The normalized spacial score (nSPS) is 12.8. The smallest absolute Gasteiger partial charge is 0.255 e. The molecule has 0 aliphatic heterocycles. The molecule has 0 radical (unpaired) electrons. The van der Waals surface area contributed by atoms with Crippen LogP contribution < -0.4 is 15.8 Å². The highest BCUT2D eigenvalue weighted by Gasteiger charge is 2.27. The van der Waals surface area contributed by atoms with Crippen LogP contribution in [0.4, 0.5) is 0 Å². The van der Waals surface area contributed by atoms with Crippen molar-refractivity contribution in [2.45, 2.75) is 33.2 Å². The van der Waals surface area contributed by atoms with Gasteiger partial charge in [-0.05, 0) is 30.5 Å². The van der Waals surface area contributed by atoms with E-state index in [0.29, 0.717) is 13.0 Å². The Morgan fingerprint density at radius 1 is 1.45 bits per heavy atom. The zero-order valence-electron chi connectivity index (χ0n) is 12.6. The fraction of sp³-hybridized carbons (Fsp3) is 0.533. The van der Waals surface area contributed by atoms with Gasteiger partial charge >= 0.3 is 0 Å². The molecule has 1 unspecified atom stereocenters. The van der Waals surface area contributed by atoms with Crippen LogP contribution in [0, 0.1) is 5.41 Å². The van der Waals surface area contributed by atoms with E-state index < -0.39 is 0 Å². The Bertz CT molecular complexity index is 467. The minimum atomic E-state index is -0.324. The number of carbonyl (C=O) groups is 1. The summed E-state index contributed by atoms with van der Waals surface area (Å²) >= 11 is 0. The van der Waals surface area contributed by atoms with E-state index in [1.54, 1.807) is 18.2 Å². The maximum absolute atomic E-state index is 12.3. The van der Waals surface area contributed by atoms with Crippen LogP contribution >= 0.6 is 0 Å². The lowest BCUT2D eigenvalue weighted by Crippen LogP contribution is -2.44. The van der Waals surface area contributed by atoms with E-state index in [0.717, 1.165) is 0 Å². The lowest BCUT2D eigenvalue weighted by atomic mass is 9.84. The molecule has 1 aromatic rings. The van der Waals surface area contributed by atoms with E-state index in [2.05, 4.69) is 5.32 Å². The van der Waals surface area contributed by atoms with Crippen molar-refractivity contribution < 1.29 is 14.6 Å². The summed E-state index contributed by atoms with van der Waals surface area (Å²) in [4.78, 5) is 12.3. The standard InChI is InChI=1S/C15H24N2O3/c1-15(2,3)12(8-9-16)17-14(19)10-6-5-7-11(20-4)13(10)18/h5-7,12,18H,8-9,16H2,1-4H3,(H,17,19). The quantitative estimate of drug-likeness (QED) is 0.769. The molecule has 0 fully saturated rings. The van der Waals surface area contributed by atoms with Crippen LogP contribution in [0.2, 0.25) is 0 Å². The first-order valence-electron chi connectivity index (χ1n) is 6.68. The highest BCUT2D eigenvalue weighted by Crippen LogP contribution is 2.30. The van der Waals surface area contributed by atoms with Crippen LogP contribution in [0.25, 0.3) is 0 Å². The topological polar surface area (TPSA) is 84.6 Å². The molecule has 4 N–H and O–H groups in total. The predicted octanol–water partition coefficient (Wildman–Crippen LogP) is 1.89. The zero-order valence-corrected chi connectivity index (χ0v) is 12.6. The Labute approximate surface area is 120 Å². The second-order valence-electron chi connectivity index (χ2n) is 5.83.